The van der Waals surface area contributed by atoms with E-state index in [-0.39, 0.29) is 0 Å². The van der Waals surface area contributed by atoms with Crippen molar-refractivity contribution in [1.29, 1.82) is 0 Å². The number of nitrogens with one attached hydrogen (secondary N) is 2. The summed E-state index contributed by atoms with van der Waals surface area (Å²) in [5.41, 5.74) is 0.966. The molecule has 7 heteroatoms. The Labute approximate surface area is 139 Å². The van der Waals surface area contributed by atoms with Gasteiger partial charge >= 0.3 is 0 Å². The molecule has 2 N–H and O–H groups in total. The van der Waals surface area contributed by atoms with Crippen LogP contribution < -0.4 is 10.6 Å². The fourth-order valence-corrected chi connectivity index (χ4v) is 1.90. The number of aromatic nitrogens is 1. The van der Waals surface area contributed by atoms with Crippen molar-refractivity contribution < 1.29 is 9.26 Å². The predicted molar refractivity (Wildman–Crippen MR) is 92.8 cm³/mol. The van der Waals surface area contributed by atoms with Gasteiger partial charge in [0, 0.05) is 39.4 Å². The third kappa shape index (κ3) is 7.99. The molecule has 1 aromatic rings. The summed E-state index contributed by atoms with van der Waals surface area (Å²) in [7, 11) is 3.79. The van der Waals surface area contributed by atoms with Crippen LogP contribution in [0.4, 0.5) is 0 Å². The minimum atomic E-state index is 0.366. The molecule has 1 heterocycles. The number of methoxy groups -OCH3 is 1. The van der Waals surface area contributed by atoms with E-state index in [4.69, 9.17) is 9.26 Å². The van der Waals surface area contributed by atoms with Crippen LogP contribution in [0.2, 0.25) is 0 Å². The van der Waals surface area contributed by atoms with Gasteiger partial charge in [-0.25, -0.2) is 4.99 Å². The van der Waals surface area contributed by atoms with Crippen molar-refractivity contribution in [3.63, 3.8) is 0 Å². The molecule has 0 saturated carbocycles. The van der Waals surface area contributed by atoms with Gasteiger partial charge in [-0.2, -0.15) is 0 Å². The summed E-state index contributed by atoms with van der Waals surface area (Å²) in [6.07, 6.45) is 0. The quantitative estimate of drug-likeness (QED) is 0.501. The van der Waals surface area contributed by atoms with Gasteiger partial charge in [-0.05, 0) is 19.9 Å². The molecule has 0 bridgehead atoms. The molecule has 23 heavy (non-hydrogen) atoms. The molecule has 0 amide bonds. The Morgan fingerprint density at radius 1 is 1.39 bits per heavy atom. The van der Waals surface area contributed by atoms with Crippen molar-refractivity contribution in [2.24, 2.45) is 4.99 Å². The van der Waals surface area contributed by atoms with Crippen LogP contribution in [0.5, 0.6) is 0 Å². The van der Waals surface area contributed by atoms with Gasteiger partial charge in [-0.1, -0.05) is 19.0 Å². The number of guanidine groups is 1. The second-order valence-corrected chi connectivity index (χ2v) is 5.79. The van der Waals surface area contributed by atoms with Crippen LogP contribution in [0.3, 0.4) is 0 Å². The van der Waals surface area contributed by atoms with Gasteiger partial charge in [0.2, 0.25) is 0 Å². The summed E-state index contributed by atoms with van der Waals surface area (Å²) < 4.78 is 10.4. The topological polar surface area (TPSA) is 74.9 Å². The number of likely N-dealkylation sites (N-methyl/N-ethyl adjacent to an activating group) is 1. The van der Waals surface area contributed by atoms with Gasteiger partial charge in [0.1, 0.15) is 6.54 Å². The summed E-state index contributed by atoms with van der Waals surface area (Å²) >= 11 is 0. The van der Waals surface area contributed by atoms with E-state index in [1.165, 1.54) is 0 Å². The number of hydrogen-bond acceptors (Lipinski definition) is 5. The average Bonchev–Trinajstić information content (AvgIpc) is 2.99. The average molecular weight is 325 g/mol. The summed E-state index contributed by atoms with van der Waals surface area (Å²) in [6, 6.07) is 1.97. The predicted octanol–water partition coefficient (Wildman–Crippen LogP) is 1.43. The van der Waals surface area contributed by atoms with Crippen molar-refractivity contribution >= 4 is 5.96 Å². The Morgan fingerprint density at radius 2 is 2.17 bits per heavy atom. The maximum absolute atomic E-state index is 5.31. The maximum atomic E-state index is 5.31. The number of hydrogen-bond donors (Lipinski definition) is 2. The second kappa shape index (κ2) is 11.0. The van der Waals surface area contributed by atoms with Crippen molar-refractivity contribution in [2.45, 2.75) is 33.2 Å². The lowest BCUT2D eigenvalue weighted by Gasteiger charge is -2.17. The van der Waals surface area contributed by atoms with Gasteiger partial charge in [0.25, 0.3) is 0 Å². The first-order valence-electron chi connectivity index (χ1n) is 8.22. The molecular formula is C16H31N5O2. The normalized spacial score (nSPS) is 12.2. The molecule has 0 unspecified atom stereocenters. The molecule has 0 aliphatic rings. The highest BCUT2D eigenvalue weighted by atomic mass is 16.5. The van der Waals surface area contributed by atoms with E-state index in [0.717, 1.165) is 50.2 Å². The minimum absolute atomic E-state index is 0.366. The van der Waals surface area contributed by atoms with Crippen LogP contribution >= 0.6 is 0 Å². The van der Waals surface area contributed by atoms with Gasteiger partial charge in [0.05, 0.1) is 12.3 Å². The third-order valence-corrected chi connectivity index (χ3v) is 3.37. The first kappa shape index (κ1) is 19.4. The first-order valence-corrected chi connectivity index (χ1v) is 8.22. The molecule has 0 saturated heterocycles. The van der Waals surface area contributed by atoms with Crippen molar-refractivity contribution in [3.8, 4) is 0 Å². The zero-order valence-electron chi connectivity index (χ0n) is 15.1. The molecule has 132 valence electrons. The third-order valence-electron chi connectivity index (χ3n) is 3.37. The van der Waals surface area contributed by atoms with E-state index >= 15 is 0 Å². The molecule has 0 aliphatic carbocycles. The number of rotatable bonds is 10. The molecule has 0 atom stereocenters. The van der Waals surface area contributed by atoms with E-state index in [9.17, 15) is 0 Å². The van der Waals surface area contributed by atoms with Crippen LogP contribution in [0, 0.1) is 0 Å². The van der Waals surface area contributed by atoms with Crippen LogP contribution in [0.15, 0.2) is 15.6 Å². The lowest BCUT2D eigenvalue weighted by Crippen LogP contribution is -2.41. The van der Waals surface area contributed by atoms with Gasteiger partial charge < -0.3 is 24.8 Å². The summed E-state index contributed by atoms with van der Waals surface area (Å²) in [5.74, 6) is 1.93. The molecular weight excluding hydrogens is 294 g/mol. The lowest BCUT2D eigenvalue weighted by atomic mass is 10.1. The molecule has 0 spiro atoms. The Morgan fingerprint density at radius 3 is 2.78 bits per heavy atom. The van der Waals surface area contributed by atoms with Crippen LogP contribution in [-0.4, -0.2) is 63.0 Å². The van der Waals surface area contributed by atoms with E-state index in [0.29, 0.717) is 12.5 Å². The molecule has 0 radical (unpaired) electrons. The van der Waals surface area contributed by atoms with E-state index in [1.807, 2.05) is 13.0 Å². The van der Waals surface area contributed by atoms with Crippen LogP contribution in [-0.2, 0) is 11.3 Å². The molecule has 1 aromatic heterocycles. The van der Waals surface area contributed by atoms with Gasteiger partial charge in [0.15, 0.2) is 11.7 Å². The summed E-state index contributed by atoms with van der Waals surface area (Å²) in [6.45, 7) is 10.9. The smallest absolute Gasteiger partial charge is 0.191 e. The first-order chi connectivity index (χ1) is 11.1. The van der Waals surface area contributed by atoms with E-state index < -0.39 is 0 Å². The fraction of sp³-hybridized carbons (Fsp3) is 0.750. The monoisotopic (exact) mass is 325 g/mol. The highest BCUT2D eigenvalue weighted by Crippen LogP contribution is 2.14. The SMILES string of the molecule is CCNC(=NCc1cc(C(C)C)no1)NCCN(C)CCOC. The van der Waals surface area contributed by atoms with Crippen molar-refractivity contribution in [2.75, 3.05) is 46.9 Å². The van der Waals surface area contributed by atoms with Gasteiger partial charge in [-0.3, -0.25) is 0 Å². The fourth-order valence-electron chi connectivity index (χ4n) is 1.90. The summed E-state index contributed by atoms with van der Waals surface area (Å²) in [4.78, 5) is 6.75. The zero-order chi connectivity index (χ0) is 17.1. The van der Waals surface area contributed by atoms with Crippen LogP contribution in [0.1, 0.15) is 38.1 Å². The molecule has 7 nitrogen and oxygen atoms in total. The molecule has 0 aliphatic heterocycles. The lowest BCUT2D eigenvalue weighted by molar-refractivity contribution is 0.162. The Hall–Kier alpha value is -1.60. The van der Waals surface area contributed by atoms with E-state index in [2.05, 4.69) is 46.6 Å². The second-order valence-electron chi connectivity index (χ2n) is 5.79. The maximum Gasteiger partial charge on any atom is 0.191 e. The minimum Gasteiger partial charge on any atom is -0.383 e. The molecule has 0 aromatic carbocycles. The highest BCUT2D eigenvalue weighted by molar-refractivity contribution is 5.79. The highest BCUT2D eigenvalue weighted by Gasteiger charge is 2.07. The Kier molecular flexibility index (Phi) is 9.31. The largest absolute Gasteiger partial charge is 0.383 e. The van der Waals surface area contributed by atoms with Crippen molar-refractivity contribution in [3.05, 3.63) is 17.5 Å². The Balaban J connectivity index is 2.43. The number of nitrogens with zero attached hydrogens (tertiary/aromatic N) is 3. The standard InChI is InChI=1S/C16H31N5O2/c1-6-17-16(18-7-8-21(4)9-10-22-5)19-12-14-11-15(13(2)3)20-23-14/h11,13H,6-10,12H2,1-5H3,(H2,17,18,19). The molecule has 0 fully saturated rings. The van der Waals surface area contributed by atoms with Crippen LogP contribution in [0.25, 0.3) is 0 Å². The number of ether oxygens (including phenoxy) is 1. The Bertz CT molecular complexity index is 459. The molecule has 1 rings (SSSR count). The number of aliphatic imine (C=N–C) groups is 1. The van der Waals surface area contributed by atoms with E-state index in [1.54, 1.807) is 7.11 Å². The van der Waals surface area contributed by atoms with Gasteiger partial charge in [-0.15, -0.1) is 0 Å². The zero-order valence-corrected chi connectivity index (χ0v) is 15.1. The summed E-state index contributed by atoms with van der Waals surface area (Å²) in [5, 5.41) is 10.6. The van der Waals surface area contributed by atoms with Crippen molar-refractivity contribution in [1.82, 2.24) is 20.7 Å².